The molecule has 4 heteroatoms. The van der Waals surface area contributed by atoms with Crippen molar-refractivity contribution in [1.82, 2.24) is 0 Å². The summed E-state index contributed by atoms with van der Waals surface area (Å²) in [5, 5.41) is 0. The van der Waals surface area contributed by atoms with Crippen molar-refractivity contribution in [2.75, 3.05) is 12.0 Å². The molecule has 25 heavy (non-hydrogen) atoms. The second kappa shape index (κ2) is 6.36. The van der Waals surface area contributed by atoms with Gasteiger partial charge in [0, 0.05) is 36.7 Å². The van der Waals surface area contributed by atoms with Gasteiger partial charge in [0.05, 0.1) is 12.7 Å². The summed E-state index contributed by atoms with van der Waals surface area (Å²) >= 11 is 0. The third kappa shape index (κ3) is 2.82. The number of para-hydroxylation sites is 1. The number of methoxy groups -OCH3 is 1. The zero-order chi connectivity index (χ0) is 17.4. The first-order chi connectivity index (χ1) is 12.2. The Bertz CT molecular complexity index is 833. The minimum atomic E-state index is -0.319. The summed E-state index contributed by atoms with van der Waals surface area (Å²) < 4.78 is 4.89. The Kier molecular flexibility index (Phi) is 4.04. The molecule has 2 aromatic rings. The topological polar surface area (TPSA) is 46.6 Å². The van der Waals surface area contributed by atoms with Gasteiger partial charge in [-0.2, -0.15) is 0 Å². The fourth-order valence-electron chi connectivity index (χ4n) is 3.99. The average molecular weight is 335 g/mol. The molecule has 0 saturated heterocycles. The molecule has 0 N–H and O–H groups in total. The van der Waals surface area contributed by atoms with Crippen molar-refractivity contribution in [3.05, 3.63) is 59.2 Å². The first-order valence-electron chi connectivity index (χ1n) is 8.77. The van der Waals surface area contributed by atoms with Crippen molar-refractivity contribution in [3.8, 4) is 0 Å². The quantitative estimate of drug-likeness (QED) is 0.778. The van der Waals surface area contributed by atoms with Crippen LogP contribution in [0.15, 0.2) is 42.5 Å². The molecular weight excluding hydrogens is 314 g/mol. The number of anilines is 2. The van der Waals surface area contributed by atoms with Gasteiger partial charge in [0.25, 0.3) is 0 Å². The largest absolute Gasteiger partial charge is 0.465 e. The molecular formula is C21H21NO3. The van der Waals surface area contributed by atoms with Crippen LogP contribution in [-0.4, -0.2) is 24.9 Å². The molecule has 0 radical (unpaired) electrons. The number of hydrogen-bond acceptors (Lipinski definition) is 4. The van der Waals surface area contributed by atoms with Gasteiger partial charge in [0.15, 0.2) is 0 Å². The van der Waals surface area contributed by atoms with E-state index in [1.54, 1.807) is 0 Å². The maximum atomic E-state index is 12.0. The summed E-state index contributed by atoms with van der Waals surface area (Å²) in [6, 6.07) is 14.5. The van der Waals surface area contributed by atoms with Gasteiger partial charge in [0.2, 0.25) is 0 Å². The van der Waals surface area contributed by atoms with Crippen LogP contribution in [0.2, 0.25) is 0 Å². The molecule has 1 aliphatic heterocycles. The second-order valence-electron chi connectivity index (χ2n) is 6.78. The fourth-order valence-corrected chi connectivity index (χ4v) is 3.99. The lowest BCUT2D eigenvalue weighted by atomic mass is 9.88. The lowest BCUT2D eigenvalue weighted by Gasteiger charge is -2.41. The SMILES string of the molecule is COC(=O)c1ccc2c(c1)N(C1CCC(=O)CC1)c1ccccc1C2. The molecule has 0 aromatic heterocycles. The summed E-state index contributed by atoms with van der Waals surface area (Å²) in [5.74, 6) is 0.0329. The molecule has 2 aliphatic rings. The molecule has 2 aromatic carbocycles. The monoisotopic (exact) mass is 335 g/mol. The van der Waals surface area contributed by atoms with Crippen molar-refractivity contribution < 1.29 is 14.3 Å². The molecule has 128 valence electrons. The van der Waals surface area contributed by atoms with E-state index in [4.69, 9.17) is 4.74 Å². The van der Waals surface area contributed by atoms with Gasteiger partial charge in [-0.1, -0.05) is 24.3 Å². The van der Waals surface area contributed by atoms with E-state index in [-0.39, 0.29) is 12.0 Å². The Labute approximate surface area is 147 Å². The summed E-state index contributed by atoms with van der Waals surface area (Å²) in [6.45, 7) is 0. The standard InChI is InChI=1S/C21H21NO3/c1-25-21(24)16-7-6-15-12-14-4-2-3-5-19(14)22(20(15)13-16)17-8-10-18(23)11-9-17/h2-7,13,17H,8-12H2,1H3. The van der Waals surface area contributed by atoms with Gasteiger partial charge in [-0.05, 0) is 42.2 Å². The normalized spacial score (nSPS) is 17.0. The van der Waals surface area contributed by atoms with Crippen molar-refractivity contribution in [2.45, 2.75) is 38.1 Å². The Balaban J connectivity index is 1.81. The highest BCUT2D eigenvalue weighted by Gasteiger charge is 2.31. The van der Waals surface area contributed by atoms with Crippen LogP contribution < -0.4 is 4.90 Å². The van der Waals surface area contributed by atoms with E-state index < -0.39 is 0 Å². The number of ketones is 1. The summed E-state index contributed by atoms with van der Waals surface area (Å²) in [7, 11) is 1.40. The number of nitrogens with zero attached hydrogens (tertiary/aromatic N) is 1. The fraction of sp³-hybridized carbons (Fsp3) is 0.333. The number of benzene rings is 2. The molecule has 1 aliphatic carbocycles. The molecule has 4 rings (SSSR count). The third-order valence-electron chi connectivity index (χ3n) is 5.28. The molecule has 1 fully saturated rings. The zero-order valence-corrected chi connectivity index (χ0v) is 14.3. The first kappa shape index (κ1) is 15.9. The summed E-state index contributed by atoms with van der Waals surface area (Å²) in [5.41, 5.74) is 5.33. The smallest absolute Gasteiger partial charge is 0.337 e. The summed E-state index contributed by atoms with van der Waals surface area (Å²) in [4.78, 5) is 26.0. The predicted molar refractivity (Wildman–Crippen MR) is 96.4 cm³/mol. The third-order valence-corrected chi connectivity index (χ3v) is 5.28. The van der Waals surface area contributed by atoms with Crippen LogP contribution in [-0.2, 0) is 16.0 Å². The molecule has 1 heterocycles. The van der Waals surface area contributed by atoms with E-state index in [0.717, 1.165) is 24.9 Å². The minimum absolute atomic E-state index is 0.283. The number of fused-ring (bicyclic) bond motifs is 2. The van der Waals surface area contributed by atoms with Gasteiger partial charge >= 0.3 is 5.97 Å². The van der Waals surface area contributed by atoms with Gasteiger partial charge in [0.1, 0.15) is 5.78 Å². The highest BCUT2D eigenvalue weighted by molar-refractivity contribution is 5.92. The molecule has 0 spiro atoms. The number of ether oxygens (including phenoxy) is 1. The Morgan fingerprint density at radius 3 is 2.52 bits per heavy atom. The Hall–Kier alpha value is -2.62. The van der Waals surface area contributed by atoms with E-state index in [2.05, 4.69) is 29.2 Å². The average Bonchev–Trinajstić information content (AvgIpc) is 2.66. The van der Waals surface area contributed by atoms with E-state index in [9.17, 15) is 9.59 Å². The number of carbonyl (C=O) groups is 2. The number of Topliss-reactive ketones (excluding diaryl/α,β-unsaturated/α-hetero) is 1. The van der Waals surface area contributed by atoms with Crippen LogP contribution >= 0.6 is 0 Å². The predicted octanol–water partition coefficient (Wildman–Crippen LogP) is 4.03. The van der Waals surface area contributed by atoms with Crippen molar-refractivity contribution in [2.24, 2.45) is 0 Å². The second-order valence-corrected chi connectivity index (χ2v) is 6.78. The molecule has 0 amide bonds. The van der Waals surface area contributed by atoms with Crippen LogP contribution in [0.25, 0.3) is 0 Å². The van der Waals surface area contributed by atoms with E-state index in [1.165, 1.54) is 23.9 Å². The van der Waals surface area contributed by atoms with Gasteiger partial charge < -0.3 is 9.64 Å². The van der Waals surface area contributed by atoms with Crippen LogP contribution in [0, 0.1) is 0 Å². The van der Waals surface area contributed by atoms with Gasteiger partial charge in [-0.15, -0.1) is 0 Å². The van der Waals surface area contributed by atoms with Gasteiger partial charge in [-0.3, -0.25) is 4.79 Å². The van der Waals surface area contributed by atoms with Crippen LogP contribution in [0.5, 0.6) is 0 Å². The van der Waals surface area contributed by atoms with Crippen molar-refractivity contribution >= 4 is 23.1 Å². The molecule has 1 saturated carbocycles. The zero-order valence-electron chi connectivity index (χ0n) is 14.3. The van der Waals surface area contributed by atoms with Crippen LogP contribution in [0.3, 0.4) is 0 Å². The highest BCUT2D eigenvalue weighted by Crippen LogP contribution is 2.42. The lowest BCUT2D eigenvalue weighted by molar-refractivity contribution is -0.120. The number of rotatable bonds is 2. The Morgan fingerprint density at radius 2 is 1.76 bits per heavy atom. The van der Waals surface area contributed by atoms with Gasteiger partial charge in [-0.25, -0.2) is 4.79 Å². The van der Waals surface area contributed by atoms with E-state index >= 15 is 0 Å². The number of carbonyl (C=O) groups excluding carboxylic acids is 2. The Morgan fingerprint density at radius 1 is 1.04 bits per heavy atom. The van der Waals surface area contributed by atoms with E-state index in [0.29, 0.717) is 24.2 Å². The van der Waals surface area contributed by atoms with E-state index in [1.807, 2.05) is 18.2 Å². The number of esters is 1. The van der Waals surface area contributed by atoms with Crippen molar-refractivity contribution in [3.63, 3.8) is 0 Å². The lowest BCUT2D eigenvalue weighted by Crippen LogP contribution is -2.37. The van der Waals surface area contributed by atoms with Crippen molar-refractivity contribution in [1.29, 1.82) is 0 Å². The summed E-state index contributed by atoms with van der Waals surface area (Å²) in [6.07, 6.45) is 3.84. The van der Waals surface area contributed by atoms with Crippen LogP contribution in [0.4, 0.5) is 11.4 Å². The first-order valence-corrected chi connectivity index (χ1v) is 8.77. The molecule has 0 bridgehead atoms. The maximum Gasteiger partial charge on any atom is 0.337 e. The maximum absolute atomic E-state index is 12.0. The van der Waals surface area contributed by atoms with Crippen LogP contribution in [0.1, 0.15) is 47.2 Å². The molecule has 0 unspecified atom stereocenters. The minimum Gasteiger partial charge on any atom is -0.465 e. The highest BCUT2D eigenvalue weighted by atomic mass is 16.5. The molecule has 0 atom stereocenters. The molecule has 4 nitrogen and oxygen atoms in total. The number of hydrogen-bond donors (Lipinski definition) is 0.